The average Bonchev–Trinajstić information content (AvgIpc) is 2.98. The van der Waals surface area contributed by atoms with Gasteiger partial charge in [0.1, 0.15) is 0 Å². The zero-order valence-electron chi connectivity index (χ0n) is 17.4. The molecule has 2 saturated carbocycles. The van der Waals surface area contributed by atoms with Gasteiger partial charge in [-0.15, -0.1) is 11.6 Å². The summed E-state index contributed by atoms with van der Waals surface area (Å²) in [6.45, 7) is 2.23. The smallest absolute Gasteiger partial charge is 0.0851 e. The standard InChI is InChI=1S/C21H39ClO2P2/c1-2-3-4-5-9-12-17-18(21(24-26)15-19(17)22)13-14-20(23-25)16-10-7-6-8-11-16/h5,9,16-21H,2-4,6-8,10-15,25-26H2,1H3/b9-5-/t17-,18-,19-,20+,21-/m1/s1/i26T/t17-,18-,19-,20+,21-,26?. The molecule has 0 aromatic rings. The van der Waals surface area contributed by atoms with Gasteiger partial charge in [0.2, 0.25) is 0 Å². The van der Waals surface area contributed by atoms with Crippen LogP contribution in [0.15, 0.2) is 12.2 Å². The van der Waals surface area contributed by atoms with Crippen LogP contribution in [0.2, 0.25) is 0 Å². The monoisotopic (exact) mass is 422 g/mol. The Labute approximate surface area is 172 Å². The molecule has 2 rings (SSSR count). The maximum Gasteiger partial charge on any atom is 0.0851 e. The van der Waals surface area contributed by atoms with Crippen molar-refractivity contribution in [2.45, 2.75) is 102 Å². The fourth-order valence-corrected chi connectivity index (χ4v) is 6.04. The van der Waals surface area contributed by atoms with Crippen LogP contribution in [0.1, 0.15) is 84.0 Å². The molecule has 26 heavy (non-hydrogen) atoms. The molecule has 0 aromatic carbocycles. The Hall–Kier alpha value is 0.810. The van der Waals surface area contributed by atoms with Gasteiger partial charge in [0, 0.05) is 24.3 Å². The molecule has 0 N–H and O–H groups in total. The van der Waals surface area contributed by atoms with Crippen LogP contribution >= 0.6 is 30.5 Å². The number of rotatable bonds is 12. The summed E-state index contributed by atoms with van der Waals surface area (Å²) in [7, 11) is 2.31. The van der Waals surface area contributed by atoms with Gasteiger partial charge in [-0.2, -0.15) is 0 Å². The Bertz CT molecular complexity index is 421. The first-order chi connectivity index (χ1) is 13.2. The summed E-state index contributed by atoms with van der Waals surface area (Å²) in [4.78, 5) is 0. The fraction of sp³-hybridized carbons (Fsp3) is 0.905. The Kier molecular flexibility index (Phi) is 10.9. The normalized spacial score (nSPS) is 32.7. The van der Waals surface area contributed by atoms with Gasteiger partial charge >= 0.3 is 0 Å². The Balaban J connectivity index is 1.93. The van der Waals surface area contributed by atoms with Crippen LogP contribution in [0.5, 0.6) is 0 Å². The first kappa shape index (κ1) is 21.5. The average molecular weight is 423 g/mol. The summed E-state index contributed by atoms with van der Waals surface area (Å²) in [6.07, 6.45) is 19.6. The van der Waals surface area contributed by atoms with Crippen molar-refractivity contribution in [2.75, 3.05) is 0 Å². The van der Waals surface area contributed by atoms with E-state index in [1.54, 1.807) is 0 Å². The van der Waals surface area contributed by atoms with Gasteiger partial charge in [-0.25, -0.2) is 0 Å². The van der Waals surface area contributed by atoms with E-state index in [4.69, 9.17) is 21.9 Å². The van der Waals surface area contributed by atoms with E-state index < -0.39 is 0 Å². The lowest BCUT2D eigenvalue weighted by Crippen LogP contribution is -2.27. The van der Waals surface area contributed by atoms with Crippen molar-refractivity contribution in [1.29, 1.82) is 1.28 Å². The molecule has 0 saturated heterocycles. The molecule has 0 amide bonds. The van der Waals surface area contributed by atoms with Crippen LogP contribution in [0.4, 0.5) is 0 Å². The van der Waals surface area contributed by atoms with Crippen LogP contribution in [0.3, 0.4) is 0 Å². The van der Waals surface area contributed by atoms with E-state index in [0.29, 0.717) is 23.9 Å². The maximum absolute atomic E-state index is 7.54. The number of unbranched alkanes of at least 4 members (excludes halogenated alkanes) is 2. The van der Waals surface area contributed by atoms with E-state index in [1.165, 1.54) is 51.4 Å². The number of halogens is 1. The molecular formula is C21H39ClO2P2. The molecule has 2 aliphatic rings. The molecule has 7 atom stereocenters. The Morgan fingerprint density at radius 3 is 2.73 bits per heavy atom. The number of allylic oxidation sites excluding steroid dienone is 2. The molecule has 152 valence electrons. The van der Waals surface area contributed by atoms with Crippen LogP contribution < -0.4 is 0 Å². The van der Waals surface area contributed by atoms with Crippen LogP contribution in [0, 0.1) is 17.8 Å². The first-order valence-electron chi connectivity index (χ1n) is 11.2. The number of hydrogen-bond acceptors (Lipinski definition) is 2. The van der Waals surface area contributed by atoms with E-state index in [9.17, 15) is 0 Å². The predicted octanol–water partition coefficient (Wildman–Crippen LogP) is 7.08. The molecule has 2 aliphatic carbocycles. The summed E-state index contributed by atoms with van der Waals surface area (Å²) in [6, 6.07) is 0. The van der Waals surface area contributed by atoms with Crippen molar-refractivity contribution < 1.29 is 9.05 Å². The van der Waals surface area contributed by atoms with Gasteiger partial charge in [0.15, 0.2) is 0 Å². The summed E-state index contributed by atoms with van der Waals surface area (Å²) in [5.74, 6) is 1.61. The van der Waals surface area contributed by atoms with Gasteiger partial charge in [-0.05, 0) is 62.7 Å². The molecule has 5 heteroatoms. The molecule has 0 aliphatic heterocycles. The summed E-state index contributed by atoms with van der Waals surface area (Å²) in [5, 5.41) is 0.164. The van der Waals surface area contributed by atoms with Gasteiger partial charge in [-0.3, -0.25) is 0 Å². The van der Waals surface area contributed by atoms with E-state index in [-0.39, 0.29) is 20.9 Å². The van der Waals surface area contributed by atoms with Crippen molar-refractivity contribution in [3.05, 3.63) is 12.2 Å². The highest BCUT2D eigenvalue weighted by molar-refractivity contribution is 7.10. The van der Waals surface area contributed by atoms with Crippen molar-refractivity contribution in [3.8, 4) is 0 Å². The third-order valence-electron chi connectivity index (χ3n) is 6.54. The SMILES string of the molecule is [3H]PO[C@@H]1C[C@@H](Cl)[C@H](C/C=C\CCCC)[C@H]1CC[C@H](OP)C1CCCCC1. The van der Waals surface area contributed by atoms with Crippen molar-refractivity contribution in [1.82, 2.24) is 0 Å². The lowest BCUT2D eigenvalue weighted by molar-refractivity contribution is 0.0940. The van der Waals surface area contributed by atoms with Gasteiger partial charge in [0.25, 0.3) is 0 Å². The lowest BCUT2D eigenvalue weighted by atomic mass is 9.81. The van der Waals surface area contributed by atoms with E-state index in [2.05, 4.69) is 28.5 Å². The minimum absolute atomic E-state index is 0.147. The fourth-order valence-electron chi connectivity index (χ4n) is 4.94. The zero-order chi connectivity index (χ0) is 19.5. The van der Waals surface area contributed by atoms with Crippen LogP contribution in [0.25, 0.3) is 0 Å². The van der Waals surface area contributed by atoms with Gasteiger partial charge in [0.05, 0.1) is 13.5 Å². The largest absolute Gasteiger partial charge is 0.362 e. The van der Waals surface area contributed by atoms with E-state index in [1.807, 2.05) is 0 Å². The summed E-state index contributed by atoms with van der Waals surface area (Å²) >= 11 is 6.73. The lowest BCUT2D eigenvalue weighted by Gasteiger charge is -2.31. The minimum atomic E-state index is -0.199. The third-order valence-corrected chi connectivity index (χ3v) is 7.69. The quantitative estimate of drug-likeness (QED) is 0.145. The molecule has 0 heterocycles. The molecule has 2 fully saturated rings. The summed E-state index contributed by atoms with van der Waals surface area (Å²) < 4.78 is 19.2. The second-order valence-corrected chi connectivity index (χ2v) is 9.30. The highest BCUT2D eigenvalue weighted by atomic mass is 35.5. The number of alkyl halides is 1. The van der Waals surface area contributed by atoms with Crippen LogP contribution in [-0.2, 0) is 9.05 Å². The molecular weight excluding hydrogens is 382 g/mol. The predicted molar refractivity (Wildman–Crippen MR) is 119 cm³/mol. The first-order valence-corrected chi connectivity index (χ1v) is 12.0. The van der Waals surface area contributed by atoms with Gasteiger partial charge < -0.3 is 9.05 Å². The topological polar surface area (TPSA) is 18.5 Å². The second-order valence-electron chi connectivity index (χ2n) is 8.24. The summed E-state index contributed by atoms with van der Waals surface area (Å²) in [5.41, 5.74) is 0. The van der Waals surface area contributed by atoms with Crippen molar-refractivity contribution >= 4 is 30.5 Å². The van der Waals surface area contributed by atoms with Crippen molar-refractivity contribution in [3.63, 3.8) is 0 Å². The third kappa shape index (κ3) is 7.00. The highest BCUT2D eigenvalue weighted by Crippen LogP contribution is 2.44. The van der Waals surface area contributed by atoms with E-state index >= 15 is 0 Å². The second kappa shape index (κ2) is 13.1. The molecule has 0 bridgehead atoms. The molecule has 0 spiro atoms. The van der Waals surface area contributed by atoms with E-state index in [0.717, 1.165) is 25.7 Å². The molecule has 2 nitrogen and oxygen atoms in total. The molecule has 0 radical (unpaired) electrons. The number of hydrogen-bond donors (Lipinski definition) is 0. The maximum atomic E-state index is 7.54. The molecule has 0 aromatic heterocycles. The highest BCUT2D eigenvalue weighted by Gasteiger charge is 2.42. The Morgan fingerprint density at radius 1 is 1.23 bits per heavy atom. The van der Waals surface area contributed by atoms with Crippen LogP contribution in [-0.4, -0.2) is 18.9 Å². The molecule has 2 unspecified atom stereocenters. The van der Waals surface area contributed by atoms with Gasteiger partial charge in [-0.1, -0.05) is 51.2 Å². The minimum Gasteiger partial charge on any atom is -0.362 e. The zero-order valence-corrected chi connectivity index (χ0v) is 19.3. The Morgan fingerprint density at radius 2 is 2.04 bits per heavy atom. The van der Waals surface area contributed by atoms with Crippen molar-refractivity contribution in [2.24, 2.45) is 17.8 Å².